The molecule has 120 heavy (non-hydrogen) atoms. The van der Waals surface area contributed by atoms with Crippen molar-refractivity contribution < 1.29 is 89.9 Å². The zero-order chi connectivity index (χ0) is 89.2. The molecule has 0 bridgehead atoms. The summed E-state index contributed by atoms with van der Waals surface area (Å²) in [4.78, 5) is 169. The first-order chi connectivity index (χ1) is 55.7. The van der Waals surface area contributed by atoms with Gasteiger partial charge in [-0.2, -0.15) is 0 Å². The predicted octanol–water partition coefficient (Wildman–Crippen LogP) is 8.18. The lowest BCUT2D eigenvalue weighted by Gasteiger charge is -2.27. The van der Waals surface area contributed by atoms with E-state index in [9.17, 15) is 66.3 Å². The first kappa shape index (κ1) is 95.2. The second-order valence-electron chi connectivity index (χ2n) is 34.9. The number of anilines is 2. The minimum Gasteiger partial charge on any atom is -0.487 e. The summed E-state index contributed by atoms with van der Waals surface area (Å²) >= 11 is 14.2. The van der Waals surface area contributed by atoms with Gasteiger partial charge < -0.3 is 75.6 Å². The SMILES string of the molecule is Cc1c(C)c(S(=O)(=O)NC(N)=NCCC[C@H](NC(=O)[C@H](CC(=O)OC(C)(C)C)NC(=O)CCCN2CCc3c(nc(C(=O)Nc4cccc(-c5cccc(NC(=O)c6nc7c(n6C)CCN(CCCC(=O)OC(C)(C)C)C7)c5Cl)c4Cl)n3C)C2)C(=O)N[C@@H](CC(=O)OC(C)(C)C)C(=O)N[C@@H](CC(=O)OC(C)(C)C)C(=O)O)c(C)c2c1OC(C)(C)C2. The van der Waals surface area contributed by atoms with Gasteiger partial charge in [0.25, 0.3) is 21.8 Å². The molecule has 0 saturated carbocycles. The number of ether oxygens (including phenoxy) is 5. The van der Waals surface area contributed by atoms with Gasteiger partial charge in [0.15, 0.2) is 11.6 Å². The number of imidazole rings is 2. The van der Waals surface area contributed by atoms with Crippen molar-refractivity contribution in [1.82, 2.24) is 54.9 Å². The van der Waals surface area contributed by atoms with E-state index in [0.717, 1.165) is 29.2 Å². The Morgan fingerprint density at radius 3 is 1.46 bits per heavy atom. The van der Waals surface area contributed by atoms with Crippen LogP contribution in [0.5, 0.6) is 5.75 Å². The molecule has 3 aliphatic heterocycles. The number of aromatic nitrogens is 4. The van der Waals surface area contributed by atoms with Crippen molar-refractivity contribution in [3.8, 4) is 16.9 Å². The van der Waals surface area contributed by atoms with Gasteiger partial charge in [0.1, 0.15) is 57.9 Å². The number of carboxylic acids is 1. The van der Waals surface area contributed by atoms with Crippen LogP contribution in [0.3, 0.4) is 0 Å². The van der Waals surface area contributed by atoms with Gasteiger partial charge in [-0.15, -0.1) is 0 Å². The molecule has 3 aromatic carbocycles. The third-order valence-corrected chi connectivity index (χ3v) is 22.1. The van der Waals surface area contributed by atoms with Crippen LogP contribution in [0.4, 0.5) is 11.4 Å². The Morgan fingerprint density at radius 1 is 0.583 bits per heavy atom. The summed E-state index contributed by atoms with van der Waals surface area (Å²) in [5, 5.41) is 26.1. The number of hydrogen-bond donors (Lipinski definition) is 9. The van der Waals surface area contributed by atoms with E-state index in [4.69, 9.17) is 62.6 Å². The summed E-state index contributed by atoms with van der Waals surface area (Å²) in [6, 6.07) is 2.80. The van der Waals surface area contributed by atoms with Crippen molar-refractivity contribution in [2.45, 2.75) is 265 Å². The number of halogens is 2. The maximum atomic E-state index is 14.8. The van der Waals surface area contributed by atoms with E-state index in [1.165, 1.54) is 20.8 Å². The van der Waals surface area contributed by atoms with Crippen LogP contribution in [-0.2, 0) is 119 Å². The molecule has 0 fully saturated rings. The Balaban J connectivity index is 0.940. The fourth-order valence-corrected chi connectivity index (χ4v) is 16.3. The van der Waals surface area contributed by atoms with Gasteiger partial charge in [0.05, 0.1) is 57.0 Å². The number of rotatable bonds is 33. The number of fused-ring (bicyclic) bond motifs is 3. The quantitative estimate of drug-likeness (QED) is 0.00628. The highest BCUT2D eigenvalue weighted by molar-refractivity contribution is 7.90. The van der Waals surface area contributed by atoms with E-state index in [0.29, 0.717) is 96.8 Å². The van der Waals surface area contributed by atoms with E-state index in [1.807, 2.05) is 39.5 Å². The van der Waals surface area contributed by atoms with Crippen LogP contribution in [0, 0.1) is 20.8 Å². The molecule has 6 amide bonds. The van der Waals surface area contributed by atoms with Crippen molar-refractivity contribution in [3.05, 3.63) is 103 Å². The molecule has 0 radical (unpaired) electrons. The first-order valence-electron chi connectivity index (χ1n) is 39.9. The molecule has 0 spiro atoms. The van der Waals surface area contributed by atoms with Crippen LogP contribution in [0.1, 0.15) is 221 Å². The summed E-state index contributed by atoms with van der Waals surface area (Å²) in [5.41, 5.74) is 8.60. The molecular weight excluding hydrogens is 1610 g/mol. The molecule has 656 valence electrons. The Morgan fingerprint density at radius 2 is 1.00 bits per heavy atom. The van der Waals surface area contributed by atoms with Crippen LogP contribution in [0.2, 0.25) is 10.0 Å². The number of amides is 6. The molecule has 5 heterocycles. The Bertz CT molecular complexity index is 4910. The van der Waals surface area contributed by atoms with Gasteiger partial charge in [0.2, 0.25) is 29.6 Å². The molecule has 0 unspecified atom stereocenters. The van der Waals surface area contributed by atoms with Crippen LogP contribution >= 0.6 is 23.2 Å². The zero-order valence-corrected chi connectivity index (χ0v) is 74.2. The summed E-state index contributed by atoms with van der Waals surface area (Å²) in [6.07, 6.45) is -0.644. The van der Waals surface area contributed by atoms with E-state index >= 15 is 0 Å². The normalized spacial score (nSPS) is 15.4. The number of aliphatic imine (C=N–C) groups is 1. The molecule has 2 aromatic heterocycles. The van der Waals surface area contributed by atoms with Crippen molar-refractivity contribution in [2.75, 3.05) is 43.4 Å². The maximum absolute atomic E-state index is 14.8. The fraction of sp³-hybridized carbons (Fsp3) is 0.566. The van der Waals surface area contributed by atoms with Gasteiger partial charge in [-0.25, -0.2) is 27.9 Å². The van der Waals surface area contributed by atoms with Gasteiger partial charge in [-0.3, -0.25) is 62.7 Å². The number of nitrogens with zero attached hydrogens (tertiary/aromatic N) is 7. The number of aliphatic carboxylic acids is 1. The van der Waals surface area contributed by atoms with Crippen molar-refractivity contribution >= 4 is 116 Å². The monoisotopic (exact) mass is 1730 g/mol. The lowest BCUT2D eigenvalue weighted by Crippen LogP contribution is -2.58. The third kappa shape index (κ3) is 26.4. The number of carbonyl (C=O) groups excluding carboxylic acids is 10. The Labute approximate surface area is 710 Å². The molecule has 3 aliphatic rings. The lowest BCUT2D eigenvalue weighted by atomic mass is 9.94. The number of carbonyl (C=O) groups is 11. The fourth-order valence-electron chi connectivity index (χ4n) is 14.3. The van der Waals surface area contributed by atoms with Crippen molar-refractivity contribution in [3.63, 3.8) is 0 Å². The lowest BCUT2D eigenvalue weighted by molar-refractivity contribution is -0.159. The van der Waals surface area contributed by atoms with Crippen LogP contribution in [-0.4, -0.2) is 199 Å². The average molecular weight is 1730 g/mol. The standard InChI is InChI=1S/C83H115Cl2N15O19S/c1-45-46(2)69(47(3)50-42-83(16,17)119-68(45)50)120(113,114)96-78(86)87-34-22-29-53(72(106)94-55(40-64(104)117-81(10,11)12)74(108)95-56(77(111)112)41-65(105)118-82(13,14)15)93-73(107)54(39-63(103)116-80(7,8)9)88-61(101)30-23-35-99-37-32-59-57(43-99)89-70(97(59)18)75(109)91-51-27-20-25-48(66(51)84)49-26-21-28-52(67(49)85)92-76(110)71-90-58-44-100(38-33-60(58)98(71)19)36-24-31-62(102)115-79(4,5)6/h20-21,25-28,53-56H,22-24,29-44H2,1-19H3,(H,88,101)(H,91,109)(H,92,110)(H,93,107)(H,94,106)(H,95,108)(H,111,112)(H3,86,87,96)/t53-,54-,55-,56-/m0/s1. The van der Waals surface area contributed by atoms with E-state index in [-0.39, 0.29) is 83.4 Å². The number of carboxylic acid groups (broad SMARTS) is 1. The zero-order valence-electron chi connectivity index (χ0n) is 71.9. The van der Waals surface area contributed by atoms with Gasteiger partial charge in [-0.1, -0.05) is 47.5 Å². The second kappa shape index (κ2) is 39.1. The van der Waals surface area contributed by atoms with Crippen molar-refractivity contribution in [2.24, 2.45) is 24.8 Å². The number of nitrogens with one attached hydrogen (secondary N) is 7. The first-order valence-corrected chi connectivity index (χ1v) is 42.1. The molecular formula is C83H115Cl2N15O19S. The van der Waals surface area contributed by atoms with Gasteiger partial charge in [0, 0.05) is 107 Å². The number of nitrogens with two attached hydrogens (primary N) is 1. The highest BCUT2D eigenvalue weighted by atomic mass is 35.5. The van der Waals surface area contributed by atoms with Crippen molar-refractivity contribution in [1.29, 1.82) is 0 Å². The highest BCUT2D eigenvalue weighted by Gasteiger charge is 2.40. The topological polar surface area (TPSA) is 453 Å². The predicted molar refractivity (Wildman–Crippen MR) is 448 cm³/mol. The minimum atomic E-state index is -4.38. The average Bonchev–Trinajstić information content (AvgIpc) is 1.54. The molecule has 8 rings (SSSR count). The minimum absolute atomic E-state index is 0.0199. The molecule has 34 nitrogen and oxygen atoms in total. The largest absolute Gasteiger partial charge is 0.487 e. The smallest absolute Gasteiger partial charge is 0.326 e. The van der Waals surface area contributed by atoms with Gasteiger partial charge in [-0.05, 0) is 185 Å². The van der Waals surface area contributed by atoms with E-state index in [2.05, 4.69) is 46.5 Å². The molecule has 10 N–H and O–H groups in total. The highest BCUT2D eigenvalue weighted by Crippen LogP contribution is 2.45. The number of guanidine groups is 1. The molecule has 0 aliphatic carbocycles. The third-order valence-electron chi connectivity index (χ3n) is 19.7. The Kier molecular flexibility index (Phi) is 31.0. The summed E-state index contributed by atoms with van der Waals surface area (Å²) < 4.78 is 62.0. The van der Waals surface area contributed by atoms with E-state index < -0.39 is 147 Å². The van der Waals surface area contributed by atoms with Gasteiger partial charge >= 0.3 is 29.8 Å². The Hall–Kier alpha value is -10.2. The molecule has 5 aromatic rings. The molecule has 4 atom stereocenters. The number of hydrogen-bond acceptors (Lipinski definition) is 23. The second-order valence-corrected chi connectivity index (χ2v) is 37.3. The summed E-state index contributed by atoms with van der Waals surface area (Å²) in [7, 11) is -0.871. The number of esters is 4. The summed E-state index contributed by atoms with van der Waals surface area (Å²) in [5.74, 6) is -9.83. The molecule has 37 heteroatoms. The van der Waals surface area contributed by atoms with E-state index in [1.54, 1.807) is 122 Å². The number of sulfonamides is 1. The van der Waals surface area contributed by atoms with Crippen LogP contribution in [0.15, 0.2) is 46.3 Å². The maximum Gasteiger partial charge on any atom is 0.326 e. The molecule has 0 saturated heterocycles. The number of benzene rings is 3. The van der Waals surface area contributed by atoms with Crippen LogP contribution < -0.4 is 47.1 Å². The van der Waals surface area contributed by atoms with Crippen LogP contribution in [0.25, 0.3) is 11.1 Å². The summed E-state index contributed by atoms with van der Waals surface area (Å²) in [6.45, 7) is 31.0.